The van der Waals surface area contributed by atoms with Crippen LogP contribution in [0.25, 0.3) is 0 Å². The lowest BCUT2D eigenvalue weighted by atomic mass is 10.1. The number of halogens is 1. The summed E-state index contributed by atoms with van der Waals surface area (Å²) < 4.78 is 0. The van der Waals surface area contributed by atoms with Crippen LogP contribution in [0, 0.1) is 11.3 Å². The first-order chi connectivity index (χ1) is 11.5. The molecule has 0 atom stereocenters. The monoisotopic (exact) mass is 359 g/mol. The number of thioether (sulfide) groups is 1. The maximum absolute atomic E-state index is 12.0. The molecule has 2 rings (SSSR count). The van der Waals surface area contributed by atoms with Crippen molar-refractivity contribution in [3.05, 3.63) is 52.7 Å². The number of rotatable bonds is 6. The number of hydrogen-bond donors (Lipinski definition) is 1. The fourth-order valence-electron chi connectivity index (χ4n) is 2.00. The highest BCUT2D eigenvalue weighted by Gasteiger charge is 2.10. The van der Waals surface area contributed by atoms with Gasteiger partial charge in [-0.1, -0.05) is 31.5 Å². The summed E-state index contributed by atoms with van der Waals surface area (Å²) in [4.78, 5) is 16.5. The Labute approximate surface area is 151 Å². The summed E-state index contributed by atoms with van der Waals surface area (Å²) in [5, 5.41) is 13.2. The Kier molecular flexibility index (Phi) is 6.65. The van der Waals surface area contributed by atoms with Crippen LogP contribution in [0.15, 0.2) is 41.4 Å². The third-order valence-corrected chi connectivity index (χ3v) is 4.50. The van der Waals surface area contributed by atoms with E-state index < -0.39 is 0 Å². The summed E-state index contributed by atoms with van der Waals surface area (Å²) >= 11 is 7.32. The molecule has 24 heavy (non-hydrogen) atoms. The van der Waals surface area contributed by atoms with Crippen molar-refractivity contribution in [2.75, 3.05) is 11.1 Å². The van der Waals surface area contributed by atoms with E-state index in [1.165, 1.54) is 11.8 Å². The van der Waals surface area contributed by atoms with E-state index in [0.717, 1.165) is 5.69 Å². The first kappa shape index (κ1) is 18.3. The fraction of sp³-hybridized carbons (Fsp3) is 0.278. The van der Waals surface area contributed by atoms with Gasteiger partial charge in [0.1, 0.15) is 11.1 Å². The third-order valence-electron chi connectivity index (χ3n) is 3.27. The van der Waals surface area contributed by atoms with Crippen molar-refractivity contribution in [2.24, 2.45) is 0 Å². The summed E-state index contributed by atoms with van der Waals surface area (Å²) in [6, 6.07) is 12.8. The van der Waals surface area contributed by atoms with Crippen LogP contribution < -0.4 is 5.32 Å². The molecule has 6 heteroatoms. The summed E-state index contributed by atoms with van der Waals surface area (Å²) in [5.74, 6) is 0.752. The molecule has 1 amide bonds. The van der Waals surface area contributed by atoms with Crippen molar-refractivity contribution in [1.82, 2.24) is 4.98 Å². The number of benzene rings is 1. The van der Waals surface area contributed by atoms with Crippen LogP contribution in [0.3, 0.4) is 0 Å². The number of carbonyl (C=O) groups is 1. The van der Waals surface area contributed by atoms with E-state index in [1.54, 1.807) is 30.3 Å². The molecule has 1 aromatic heterocycles. The number of amides is 1. The third kappa shape index (κ3) is 5.26. The Hall–Kier alpha value is -2.03. The molecule has 0 unspecified atom stereocenters. The number of aromatic nitrogens is 1. The van der Waals surface area contributed by atoms with E-state index in [1.807, 2.05) is 6.07 Å². The molecule has 1 aromatic carbocycles. The van der Waals surface area contributed by atoms with Crippen LogP contribution in [0.4, 0.5) is 5.69 Å². The summed E-state index contributed by atoms with van der Waals surface area (Å²) in [6.07, 6.45) is 0.329. The molecule has 0 aliphatic carbocycles. The zero-order valence-corrected chi connectivity index (χ0v) is 15.1. The Bertz CT molecular complexity index is 771. The zero-order valence-electron chi connectivity index (χ0n) is 13.5. The van der Waals surface area contributed by atoms with Gasteiger partial charge in [0.25, 0.3) is 0 Å². The Morgan fingerprint density at radius 1 is 1.38 bits per heavy atom. The van der Waals surface area contributed by atoms with E-state index in [2.05, 4.69) is 30.2 Å². The van der Waals surface area contributed by atoms with E-state index in [9.17, 15) is 10.1 Å². The maximum Gasteiger partial charge on any atom is 0.225 e. The van der Waals surface area contributed by atoms with Crippen molar-refractivity contribution >= 4 is 35.0 Å². The summed E-state index contributed by atoms with van der Waals surface area (Å²) in [5.41, 5.74) is 2.16. The van der Waals surface area contributed by atoms with Crippen molar-refractivity contribution in [2.45, 2.75) is 31.2 Å². The van der Waals surface area contributed by atoms with Crippen molar-refractivity contribution < 1.29 is 4.79 Å². The van der Waals surface area contributed by atoms with Gasteiger partial charge in [-0.25, -0.2) is 4.98 Å². The second-order valence-electron chi connectivity index (χ2n) is 5.51. The highest BCUT2D eigenvalue weighted by Crippen LogP contribution is 2.24. The molecule has 0 saturated heterocycles. The quantitative estimate of drug-likeness (QED) is 0.748. The molecule has 124 valence electrons. The summed E-state index contributed by atoms with van der Waals surface area (Å²) in [7, 11) is 0. The van der Waals surface area contributed by atoms with Crippen molar-refractivity contribution in [3.8, 4) is 6.07 Å². The number of nitriles is 1. The summed E-state index contributed by atoms with van der Waals surface area (Å²) in [6.45, 7) is 4.11. The van der Waals surface area contributed by atoms with Crippen LogP contribution >= 0.6 is 23.4 Å². The molecule has 0 bridgehead atoms. The van der Waals surface area contributed by atoms with Gasteiger partial charge in [-0.15, -0.1) is 11.8 Å². The van der Waals surface area contributed by atoms with E-state index in [0.29, 0.717) is 39.4 Å². The predicted molar refractivity (Wildman–Crippen MR) is 98.5 cm³/mol. The first-order valence-corrected chi connectivity index (χ1v) is 8.95. The van der Waals surface area contributed by atoms with Crippen LogP contribution in [-0.2, 0) is 4.79 Å². The number of anilines is 1. The minimum Gasteiger partial charge on any atom is -0.326 e. The molecule has 0 aliphatic heterocycles. The standard InChI is InChI=1S/C18H18ClN3OS/c1-12(2)16-7-6-13(11-20)18(22-16)24-9-8-17(23)21-15-5-3-4-14(19)10-15/h3-7,10,12H,8-9H2,1-2H3,(H,21,23). The lowest BCUT2D eigenvalue weighted by Gasteiger charge is -2.09. The molecule has 0 radical (unpaired) electrons. The normalized spacial score (nSPS) is 10.5. The lowest BCUT2D eigenvalue weighted by Crippen LogP contribution is -2.12. The SMILES string of the molecule is CC(C)c1ccc(C#N)c(SCCC(=O)Nc2cccc(Cl)c2)n1. The minimum absolute atomic E-state index is 0.0942. The van der Waals surface area contributed by atoms with Gasteiger partial charge >= 0.3 is 0 Å². The molecule has 0 fully saturated rings. The molecule has 0 saturated carbocycles. The second-order valence-corrected chi connectivity index (χ2v) is 7.03. The van der Waals surface area contributed by atoms with Gasteiger partial charge in [0.15, 0.2) is 0 Å². The number of pyridine rings is 1. The van der Waals surface area contributed by atoms with Gasteiger partial charge in [0, 0.05) is 28.6 Å². The highest BCUT2D eigenvalue weighted by molar-refractivity contribution is 7.99. The van der Waals surface area contributed by atoms with Crippen LogP contribution in [0.5, 0.6) is 0 Å². The molecule has 2 aromatic rings. The average Bonchev–Trinajstić information content (AvgIpc) is 2.54. The molecule has 4 nitrogen and oxygen atoms in total. The van der Waals surface area contributed by atoms with Gasteiger partial charge in [0.2, 0.25) is 5.91 Å². The molecule has 1 heterocycles. The maximum atomic E-state index is 12.0. The van der Waals surface area contributed by atoms with E-state index >= 15 is 0 Å². The molecule has 0 spiro atoms. The highest BCUT2D eigenvalue weighted by atomic mass is 35.5. The molecule has 1 N–H and O–H groups in total. The van der Waals surface area contributed by atoms with E-state index in [4.69, 9.17) is 11.6 Å². The van der Waals surface area contributed by atoms with Crippen LogP contribution in [0.2, 0.25) is 5.02 Å². The van der Waals surface area contributed by atoms with Crippen LogP contribution in [0.1, 0.15) is 37.4 Å². The Balaban J connectivity index is 1.93. The number of nitrogens with zero attached hydrogens (tertiary/aromatic N) is 2. The number of carbonyl (C=O) groups excluding carboxylic acids is 1. The molecular formula is C18H18ClN3OS. The number of nitrogens with one attached hydrogen (secondary N) is 1. The Morgan fingerprint density at radius 2 is 2.17 bits per heavy atom. The van der Waals surface area contributed by atoms with Crippen molar-refractivity contribution in [1.29, 1.82) is 5.26 Å². The van der Waals surface area contributed by atoms with Crippen LogP contribution in [-0.4, -0.2) is 16.6 Å². The molecule has 0 aliphatic rings. The predicted octanol–water partition coefficient (Wildman–Crippen LogP) is 4.85. The minimum atomic E-state index is -0.0942. The van der Waals surface area contributed by atoms with Gasteiger partial charge in [-0.2, -0.15) is 5.26 Å². The van der Waals surface area contributed by atoms with Gasteiger partial charge in [0.05, 0.1) is 5.56 Å². The van der Waals surface area contributed by atoms with Gasteiger partial charge in [-0.05, 0) is 36.2 Å². The van der Waals surface area contributed by atoms with Crippen molar-refractivity contribution in [3.63, 3.8) is 0 Å². The second kappa shape index (κ2) is 8.72. The fourth-order valence-corrected chi connectivity index (χ4v) is 3.11. The lowest BCUT2D eigenvalue weighted by molar-refractivity contribution is -0.115. The van der Waals surface area contributed by atoms with Gasteiger partial charge in [-0.3, -0.25) is 4.79 Å². The number of hydrogen-bond acceptors (Lipinski definition) is 4. The van der Waals surface area contributed by atoms with E-state index in [-0.39, 0.29) is 5.91 Å². The smallest absolute Gasteiger partial charge is 0.225 e. The largest absolute Gasteiger partial charge is 0.326 e. The average molecular weight is 360 g/mol. The first-order valence-electron chi connectivity index (χ1n) is 7.59. The molecular weight excluding hydrogens is 342 g/mol. The Morgan fingerprint density at radius 3 is 2.83 bits per heavy atom. The topological polar surface area (TPSA) is 65.8 Å². The van der Waals surface area contributed by atoms with Gasteiger partial charge < -0.3 is 5.32 Å². The zero-order chi connectivity index (χ0) is 17.5.